The molecule has 3 N–H and O–H groups in total. The second kappa shape index (κ2) is 13.2. The number of fused-ring (bicyclic) bond motifs is 3. The van der Waals surface area contributed by atoms with E-state index in [1.165, 1.54) is 24.3 Å². The molecule has 17 heteroatoms. The van der Waals surface area contributed by atoms with Crippen molar-refractivity contribution in [2.45, 2.75) is 30.5 Å². The van der Waals surface area contributed by atoms with Crippen LogP contribution in [0, 0.1) is 0 Å². The Morgan fingerprint density at radius 1 is 0.844 bits per heavy atom. The lowest BCUT2D eigenvalue weighted by Gasteiger charge is -2.44. The fourth-order valence-corrected chi connectivity index (χ4v) is 6.80. The van der Waals surface area contributed by atoms with Crippen molar-refractivity contribution in [2.24, 2.45) is 0 Å². The second-order valence-corrected chi connectivity index (χ2v) is 12.1. The molecule has 2 aliphatic heterocycles. The van der Waals surface area contributed by atoms with Gasteiger partial charge in [-0.15, -0.1) is 0 Å². The Morgan fingerprint density at radius 3 is 1.91 bits per heavy atom. The smallest absolute Gasteiger partial charge is 0.346 e. The van der Waals surface area contributed by atoms with Crippen LogP contribution >= 0.6 is 69.6 Å². The Balaban J connectivity index is 1.45. The molecular formula is C28H18Cl6O11. The van der Waals surface area contributed by atoms with Gasteiger partial charge in [0.2, 0.25) is 5.75 Å². The molecule has 0 bridgehead atoms. The summed E-state index contributed by atoms with van der Waals surface area (Å²) in [5, 5.41) is 32.7. The summed E-state index contributed by atoms with van der Waals surface area (Å²) in [6, 6.07) is 6.12. The minimum absolute atomic E-state index is 0.0926. The number of ether oxygens (including phenoxy) is 5. The number of aromatic hydroxyl groups is 1. The van der Waals surface area contributed by atoms with E-state index in [9.17, 15) is 29.7 Å². The van der Waals surface area contributed by atoms with E-state index >= 15 is 0 Å². The molecule has 45 heavy (non-hydrogen) atoms. The van der Waals surface area contributed by atoms with E-state index in [-0.39, 0.29) is 52.4 Å². The highest BCUT2D eigenvalue weighted by Gasteiger charge is 2.52. The van der Waals surface area contributed by atoms with Gasteiger partial charge in [0.05, 0.1) is 43.9 Å². The molecule has 5 atom stereocenters. The molecule has 0 saturated carbocycles. The number of halogens is 6. The molecule has 11 nitrogen and oxygen atoms in total. The number of aliphatic hydroxyl groups excluding tert-OH is 2. The second-order valence-electron chi connectivity index (χ2n) is 9.64. The van der Waals surface area contributed by atoms with Crippen LogP contribution in [0.4, 0.5) is 0 Å². The van der Waals surface area contributed by atoms with Crippen molar-refractivity contribution in [3.63, 3.8) is 0 Å². The molecule has 0 amide bonds. The third kappa shape index (κ3) is 6.34. The van der Waals surface area contributed by atoms with Gasteiger partial charge in [-0.05, 0) is 30.3 Å². The van der Waals surface area contributed by atoms with Gasteiger partial charge in [0, 0.05) is 15.6 Å². The Hall–Kier alpha value is -2.71. The first-order valence-electron chi connectivity index (χ1n) is 12.6. The first kappa shape index (κ1) is 33.6. The minimum atomic E-state index is -1.76. The van der Waals surface area contributed by atoms with Gasteiger partial charge in [-0.25, -0.2) is 14.4 Å². The number of rotatable bonds is 6. The van der Waals surface area contributed by atoms with Crippen LogP contribution in [0.1, 0.15) is 42.7 Å². The van der Waals surface area contributed by atoms with Gasteiger partial charge in [0.25, 0.3) is 0 Å². The SMILES string of the molecule is COc1c(OC(=O)c2c(Cl)cc(Cl)cc2Cl)cc2c(c1O)[C@@H]1O[C@H](COC(=O)c3c(Cl)cc(Cl)cc3Cl)[C@@H](O)[C@H](O)[C@H]1OC2=O. The van der Waals surface area contributed by atoms with Gasteiger partial charge >= 0.3 is 17.9 Å². The van der Waals surface area contributed by atoms with Gasteiger partial charge in [-0.1, -0.05) is 69.6 Å². The summed E-state index contributed by atoms with van der Waals surface area (Å²) in [6.45, 7) is -0.630. The Kier molecular flexibility index (Phi) is 9.86. The maximum atomic E-state index is 13.0. The maximum absolute atomic E-state index is 13.0. The molecule has 1 saturated heterocycles. The van der Waals surface area contributed by atoms with Crippen molar-refractivity contribution in [2.75, 3.05) is 13.7 Å². The zero-order chi connectivity index (χ0) is 32.9. The van der Waals surface area contributed by atoms with Gasteiger partial charge in [0.15, 0.2) is 17.6 Å². The summed E-state index contributed by atoms with van der Waals surface area (Å²) in [6.07, 6.45) is -7.81. The van der Waals surface area contributed by atoms with Crippen LogP contribution in [-0.4, -0.2) is 71.4 Å². The molecule has 0 unspecified atom stereocenters. The summed E-state index contributed by atoms with van der Waals surface area (Å²) in [7, 11) is 1.15. The Labute approximate surface area is 283 Å². The summed E-state index contributed by atoms with van der Waals surface area (Å²) in [5.74, 6) is -4.66. The number of phenolic OH excluding ortho intramolecular Hbond substituents is 1. The number of phenols is 1. The van der Waals surface area contributed by atoms with Gasteiger partial charge in [0.1, 0.15) is 31.0 Å². The highest BCUT2D eigenvalue weighted by molar-refractivity contribution is 6.42. The van der Waals surface area contributed by atoms with Crippen LogP contribution in [0.15, 0.2) is 30.3 Å². The van der Waals surface area contributed by atoms with E-state index in [1.807, 2.05) is 0 Å². The lowest BCUT2D eigenvalue weighted by molar-refractivity contribution is -0.235. The molecule has 0 radical (unpaired) electrons. The first-order chi connectivity index (χ1) is 21.2. The van der Waals surface area contributed by atoms with Gasteiger partial charge in [-0.2, -0.15) is 0 Å². The summed E-state index contributed by atoms with van der Waals surface area (Å²) in [5.41, 5.74) is -1.00. The van der Waals surface area contributed by atoms with Gasteiger partial charge in [-0.3, -0.25) is 0 Å². The average molecular weight is 743 g/mol. The van der Waals surface area contributed by atoms with Crippen LogP contribution < -0.4 is 9.47 Å². The topological polar surface area (TPSA) is 158 Å². The standard InChI is InChI=1S/C28H18Cl6O11/c1-41-23-15(44-28(40)19-13(33)4-9(30)5-14(19)34)6-10-17(21(23)36)24-25(45-26(10)38)22(37)20(35)16(43-24)7-42-27(39)18-11(31)2-8(29)3-12(18)32/h2-6,16,20,22,24-25,35-37H,7H2,1H3/t16-,20-,22+,24+,25-/m1/s1. The highest BCUT2D eigenvalue weighted by atomic mass is 35.5. The van der Waals surface area contributed by atoms with E-state index in [1.54, 1.807) is 0 Å². The number of hydrogen-bond donors (Lipinski definition) is 3. The van der Waals surface area contributed by atoms with Crippen LogP contribution in [-0.2, 0) is 14.2 Å². The van der Waals surface area contributed by atoms with Crippen molar-refractivity contribution in [3.05, 3.63) is 82.7 Å². The normalized spacial score (nSPS) is 22.2. The number of carbonyl (C=O) groups excluding carboxylic acids is 3. The van der Waals surface area contributed by atoms with E-state index < -0.39 is 72.3 Å². The molecule has 238 valence electrons. The van der Waals surface area contributed by atoms with Crippen molar-refractivity contribution in [3.8, 4) is 17.2 Å². The third-order valence-electron chi connectivity index (χ3n) is 6.90. The Bertz CT molecular complexity index is 1690. The summed E-state index contributed by atoms with van der Waals surface area (Å²) < 4.78 is 27.1. The monoisotopic (exact) mass is 740 g/mol. The van der Waals surface area contributed by atoms with Crippen LogP contribution in [0.3, 0.4) is 0 Å². The van der Waals surface area contributed by atoms with Crippen molar-refractivity contribution < 1.29 is 53.4 Å². The van der Waals surface area contributed by atoms with E-state index in [4.69, 9.17) is 93.3 Å². The molecule has 2 heterocycles. The molecule has 1 fully saturated rings. The molecule has 0 aromatic heterocycles. The number of esters is 3. The molecule has 3 aromatic carbocycles. The van der Waals surface area contributed by atoms with Crippen LogP contribution in [0.2, 0.25) is 30.1 Å². The van der Waals surface area contributed by atoms with Crippen molar-refractivity contribution in [1.82, 2.24) is 0 Å². The van der Waals surface area contributed by atoms with E-state index in [0.717, 1.165) is 13.2 Å². The first-order valence-corrected chi connectivity index (χ1v) is 14.8. The fraction of sp³-hybridized carbons (Fsp3) is 0.250. The lowest BCUT2D eigenvalue weighted by atomic mass is 9.86. The molecule has 2 aliphatic rings. The molecule has 3 aromatic rings. The molecule has 5 rings (SSSR count). The zero-order valence-corrected chi connectivity index (χ0v) is 26.9. The minimum Gasteiger partial charge on any atom is -0.504 e. The molecule has 0 spiro atoms. The predicted molar refractivity (Wildman–Crippen MR) is 162 cm³/mol. The van der Waals surface area contributed by atoms with Crippen LogP contribution in [0.25, 0.3) is 0 Å². The van der Waals surface area contributed by atoms with E-state index in [2.05, 4.69) is 0 Å². The third-order valence-corrected chi connectivity index (χ3v) is 8.53. The zero-order valence-electron chi connectivity index (χ0n) is 22.4. The summed E-state index contributed by atoms with van der Waals surface area (Å²) in [4.78, 5) is 38.8. The highest BCUT2D eigenvalue weighted by Crippen LogP contribution is 2.50. The fourth-order valence-electron chi connectivity index (χ4n) is 4.85. The van der Waals surface area contributed by atoms with Crippen LogP contribution in [0.5, 0.6) is 17.2 Å². The predicted octanol–water partition coefficient (Wildman–Crippen LogP) is 6.10. The van der Waals surface area contributed by atoms with Crippen molar-refractivity contribution >= 4 is 87.5 Å². The lowest BCUT2D eigenvalue weighted by Crippen LogP contribution is -2.58. The summed E-state index contributed by atoms with van der Waals surface area (Å²) >= 11 is 36.2. The Morgan fingerprint density at radius 2 is 1.38 bits per heavy atom. The van der Waals surface area contributed by atoms with E-state index in [0.29, 0.717) is 0 Å². The number of methoxy groups -OCH3 is 1. The quantitative estimate of drug-likeness (QED) is 0.198. The number of benzene rings is 3. The average Bonchev–Trinajstić information content (AvgIpc) is 2.94. The molecular weight excluding hydrogens is 725 g/mol. The van der Waals surface area contributed by atoms with Gasteiger partial charge < -0.3 is 39.0 Å². The largest absolute Gasteiger partial charge is 0.504 e. The number of aliphatic hydroxyl groups is 2. The maximum Gasteiger partial charge on any atom is 0.346 e. The number of hydrogen-bond acceptors (Lipinski definition) is 11. The number of carbonyl (C=O) groups is 3. The van der Waals surface area contributed by atoms with Crippen molar-refractivity contribution in [1.29, 1.82) is 0 Å². The molecule has 0 aliphatic carbocycles.